The van der Waals surface area contributed by atoms with Crippen LogP contribution in [0.15, 0.2) is 36.7 Å². The van der Waals surface area contributed by atoms with Crippen molar-refractivity contribution in [2.24, 2.45) is 0 Å². The Morgan fingerprint density at radius 2 is 1.91 bits per heavy atom. The molecule has 6 heteroatoms. The molecule has 0 amide bonds. The van der Waals surface area contributed by atoms with Gasteiger partial charge < -0.3 is 5.32 Å². The molecule has 2 heterocycles. The van der Waals surface area contributed by atoms with Crippen molar-refractivity contribution in [3.8, 4) is 0 Å². The van der Waals surface area contributed by atoms with Crippen molar-refractivity contribution in [3.63, 3.8) is 0 Å². The van der Waals surface area contributed by atoms with Gasteiger partial charge in [-0.2, -0.15) is 5.10 Å². The van der Waals surface area contributed by atoms with Gasteiger partial charge in [-0.15, -0.1) is 12.4 Å². The first kappa shape index (κ1) is 17.9. The average Bonchev–Trinajstić information content (AvgIpc) is 2.97. The average molecular weight is 339 g/mol. The van der Waals surface area contributed by atoms with E-state index in [2.05, 4.69) is 28.6 Å². The first-order valence-corrected chi connectivity index (χ1v) is 7.87. The molecule has 1 saturated heterocycles. The second-order valence-electron chi connectivity index (χ2n) is 6.07. The zero-order valence-electron chi connectivity index (χ0n) is 13.4. The Bertz CT molecular complexity index is 593. The Kier molecular flexibility index (Phi) is 6.57. The van der Waals surface area contributed by atoms with Crippen molar-refractivity contribution < 1.29 is 4.39 Å². The van der Waals surface area contributed by atoms with E-state index in [-0.39, 0.29) is 18.2 Å². The van der Waals surface area contributed by atoms with Crippen molar-refractivity contribution in [1.82, 2.24) is 20.0 Å². The van der Waals surface area contributed by atoms with Crippen LogP contribution in [0.1, 0.15) is 24.0 Å². The molecule has 0 radical (unpaired) electrons. The van der Waals surface area contributed by atoms with Crippen LogP contribution in [0.3, 0.4) is 0 Å². The number of halogens is 2. The zero-order valence-corrected chi connectivity index (χ0v) is 14.2. The molecule has 1 aliphatic rings. The minimum atomic E-state index is -0.200. The molecule has 1 fully saturated rings. The van der Waals surface area contributed by atoms with Gasteiger partial charge >= 0.3 is 0 Å². The number of rotatable bonds is 5. The van der Waals surface area contributed by atoms with E-state index >= 15 is 0 Å². The summed E-state index contributed by atoms with van der Waals surface area (Å²) >= 11 is 0. The summed E-state index contributed by atoms with van der Waals surface area (Å²) in [6.07, 6.45) is 6.43. The molecular formula is C17H24ClFN4. The van der Waals surface area contributed by atoms with Crippen LogP contribution in [0.25, 0.3) is 0 Å². The minimum Gasteiger partial charge on any atom is -0.317 e. The van der Waals surface area contributed by atoms with Gasteiger partial charge in [-0.25, -0.2) is 4.39 Å². The summed E-state index contributed by atoms with van der Waals surface area (Å²) in [6, 6.07) is 7.24. The molecule has 0 spiro atoms. The van der Waals surface area contributed by atoms with Crippen LogP contribution < -0.4 is 5.32 Å². The van der Waals surface area contributed by atoms with E-state index in [1.807, 2.05) is 10.9 Å². The lowest BCUT2D eigenvalue weighted by Gasteiger charge is -2.31. The topological polar surface area (TPSA) is 33.1 Å². The summed E-state index contributed by atoms with van der Waals surface area (Å²) in [5, 5.41) is 7.81. The van der Waals surface area contributed by atoms with Gasteiger partial charge in [0.25, 0.3) is 0 Å². The van der Waals surface area contributed by atoms with E-state index in [9.17, 15) is 4.39 Å². The molecule has 0 saturated carbocycles. The first-order valence-electron chi connectivity index (χ1n) is 7.87. The Balaban J connectivity index is 0.00000192. The maximum absolute atomic E-state index is 12.9. The van der Waals surface area contributed by atoms with E-state index in [1.165, 1.54) is 30.5 Å². The van der Waals surface area contributed by atoms with Gasteiger partial charge in [0, 0.05) is 24.3 Å². The molecule has 1 N–H and O–H groups in total. The van der Waals surface area contributed by atoms with E-state index in [4.69, 9.17) is 0 Å². The summed E-state index contributed by atoms with van der Waals surface area (Å²) in [4.78, 5) is 2.42. The lowest BCUT2D eigenvalue weighted by molar-refractivity contribution is 0.192. The van der Waals surface area contributed by atoms with Crippen molar-refractivity contribution in [2.75, 3.05) is 20.1 Å². The predicted octanol–water partition coefficient (Wildman–Crippen LogP) is 2.68. The van der Waals surface area contributed by atoms with Gasteiger partial charge in [-0.1, -0.05) is 12.1 Å². The highest BCUT2D eigenvalue weighted by Gasteiger charge is 2.18. The molecule has 2 aromatic rings. The van der Waals surface area contributed by atoms with E-state index in [1.54, 1.807) is 12.1 Å². The quantitative estimate of drug-likeness (QED) is 0.910. The SMILES string of the molecule is CN(Cc1cnn(Cc2ccc(F)cc2)c1)C1CCNCC1.Cl. The van der Waals surface area contributed by atoms with Gasteiger partial charge in [0.1, 0.15) is 5.82 Å². The Morgan fingerprint density at radius 1 is 1.22 bits per heavy atom. The summed E-state index contributed by atoms with van der Waals surface area (Å²) in [5.41, 5.74) is 2.28. The monoisotopic (exact) mass is 338 g/mol. The Hall–Kier alpha value is -1.43. The molecule has 1 aromatic heterocycles. The third kappa shape index (κ3) is 5.03. The van der Waals surface area contributed by atoms with Crippen molar-refractivity contribution >= 4 is 12.4 Å². The molecule has 0 atom stereocenters. The molecule has 4 nitrogen and oxygen atoms in total. The smallest absolute Gasteiger partial charge is 0.123 e. The standard InChI is InChI=1S/C17H23FN4.ClH/c1-21(17-6-8-19-9-7-17)11-15-10-20-22(13-15)12-14-2-4-16(18)5-3-14;/h2-5,10,13,17,19H,6-9,11-12H2,1H3;1H. The van der Waals surface area contributed by atoms with Crippen molar-refractivity contribution in [2.45, 2.75) is 32.0 Å². The van der Waals surface area contributed by atoms with Crippen LogP contribution in [0, 0.1) is 5.82 Å². The molecule has 3 rings (SSSR count). The Morgan fingerprint density at radius 3 is 2.61 bits per heavy atom. The fourth-order valence-corrected chi connectivity index (χ4v) is 3.02. The van der Waals surface area contributed by atoms with Crippen LogP contribution in [0.4, 0.5) is 4.39 Å². The second kappa shape index (κ2) is 8.43. The van der Waals surface area contributed by atoms with E-state index < -0.39 is 0 Å². The highest BCUT2D eigenvalue weighted by molar-refractivity contribution is 5.85. The maximum Gasteiger partial charge on any atom is 0.123 e. The minimum absolute atomic E-state index is 0. The van der Waals surface area contributed by atoms with Crippen LogP contribution in [0.5, 0.6) is 0 Å². The highest BCUT2D eigenvalue weighted by atomic mass is 35.5. The summed E-state index contributed by atoms with van der Waals surface area (Å²) < 4.78 is 14.8. The number of nitrogens with one attached hydrogen (secondary N) is 1. The van der Waals surface area contributed by atoms with Gasteiger partial charge in [-0.3, -0.25) is 9.58 Å². The number of aromatic nitrogens is 2. The summed E-state index contributed by atoms with van der Waals surface area (Å²) in [7, 11) is 2.19. The molecule has 0 unspecified atom stereocenters. The van der Waals surface area contributed by atoms with Crippen LogP contribution in [-0.2, 0) is 13.1 Å². The van der Waals surface area contributed by atoms with Crippen molar-refractivity contribution in [3.05, 3.63) is 53.6 Å². The fourth-order valence-electron chi connectivity index (χ4n) is 3.02. The molecule has 23 heavy (non-hydrogen) atoms. The van der Waals surface area contributed by atoms with Crippen LogP contribution >= 0.6 is 12.4 Å². The van der Waals surface area contributed by atoms with Gasteiger partial charge in [0.05, 0.1) is 12.7 Å². The third-order valence-electron chi connectivity index (χ3n) is 4.31. The number of piperidine rings is 1. The highest BCUT2D eigenvalue weighted by Crippen LogP contribution is 2.14. The van der Waals surface area contributed by atoms with E-state index in [0.717, 1.165) is 25.2 Å². The fraction of sp³-hybridized carbons (Fsp3) is 0.471. The molecule has 0 aliphatic carbocycles. The Labute approximate surface area is 143 Å². The van der Waals surface area contributed by atoms with Gasteiger partial charge in [0.15, 0.2) is 0 Å². The maximum atomic E-state index is 12.9. The molecule has 126 valence electrons. The lowest BCUT2D eigenvalue weighted by Crippen LogP contribution is -2.40. The predicted molar refractivity (Wildman–Crippen MR) is 92.3 cm³/mol. The van der Waals surface area contributed by atoms with Crippen LogP contribution in [0.2, 0.25) is 0 Å². The number of nitrogens with zero attached hydrogens (tertiary/aromatic N) is 3. The zero-order chi connectivity index (χ0) is 15.4. The number of hydrogen-bond donors (Lipinski definition) is 1. The lowest BCUT2D eigenvalue weighted by atomic mass is 10.1. The van der Waals surface area contributed by atoms with Gasteiger partial charge in [0.2, 0.25) is 0 Å². The summed E-state index contributed by atoms with van der Waals surface area (Å²) in [5.74, 6) is -0.200. The third-order valence-corrected chi connectivity index (χ3v) is 4.31. The number of benzene rings is 1. The molecular weight excluding hydrogens is 315 g/mol. The van der Waals surface area contributed by atoms with Crippen molar-refractivity contribution in [1.29, 1.82) is 0 Å². The molecule has 1 aliphatic heterocycles. The number of hydrogen-bond acceptors (Lipinski definition) is 3. The largest absolute Gasteiger partial charge is 0.317 e. The second-order valence-corrected chi connectivity index (χ2v) is 6.07. The first-order chi connectivity index (χ1) is 10.7. The molecule has 1 aromatic carbocycles. The van der Waals surface area contributed by atoms with Crippen LogP contribution in [-0.4, -0.2) is 40.9 Å². The normalized spacial score (nSPS) is 15.6. The molecule has 0 bridgehead atoms. The van der Waals surface area contributed by atoms with E-state index in [0.29, 0.717) is 12.6 Å². The summed E-state index contributed by atoms with van der Waals surface area (Å²) in [6.45, 7) is 3.82. The van der Waals surface area contributed by atoms with Gasteiger partial charge in [-0.05, 0) is 50.7 Å².